The van der Waals surface area contributed by atoms with Gasteiger partial charge in [-0.3, -0.25) is 0 Å². The molecule has 106 valence electrons. The highest BCUT2D eigenvalue weighted by atomic mass is 79.9. The van der Waals surface area contributed by atoms with E-state index in [2.05, 4.69) is 43.5 Å². The molecule has 6 heteroatoms. The lowest BCUT2D eigenvalue weighted by Crippen LogP contribution is -2.18. The van der Waals surface area contributed by atoms with Crippen LogP contribution in [0.15, 0.2) is 10.7 Å². The van der Waals surface area contributed by atoms with Crippen LogP contribution in [0.4, 0.5) is 11.8 Å². The van der Waals surface area contributed by atoms with E-state index in [0.717, 1.165) is 36.2 Å². The highest BCUT2D eigenvalue weighted by molar-refractivity contribution is 9.10. The average Bonchev–Trinajstić information content (AvgIpc) is 3.17. The van der Waals surface area contributed by atoms with Crippen LogP contribution in [-0.4, -0.2) is 34.8 Å². The molecule has 1 aliphatic rings. The van der Waals surface area contributed by atoms with Crippen molar-refractivity contribution in [3.63, 3.8) is 0 Å². The van der Waals surface area contributed by atoms with Crippen molar-refractivity contribution in [3.05, 3.63) is 10.7 Å². The van der Waals surface area contributed by atoms with Crippen LogP contribution >= 0.6 is 15.9 Å². The molecule has 0 saturated heterocycles. The molecule has 0 aliphatic heterocycles. The largest absolute Gasteiger partial charge is 0.396 e. The van der Waals surface area contributed by atoms with Crippen LogP contribution in [0.3, 0.4) is 0 Å². The number of aliphatic hydroxyl groups is 1. The van der Waals surface area contributed by atoms with Crippen molar-refractivity contribution in [1.82, 2.24) is 9.97 Å². The Morgan fingerprint density at radius 3 is 2.84 bits per heavy atom. The van der Waals surface area contributed by atoms with Crippen molar-refractivity contribution in [2.75, 3.05) is 30.3 Å². The Kier molecular flexibility index (Phi) is 4.99. The van der Waals surface area contributed by atoms with Gasteiger partial charge in [-0.25, -0.2) is 4.98 Å². The molecule has 0 bridgehead atoms. The lowest BCUT2D eigenvalue weighted by atomic mass is 10.0. The Morgan fingerprint density at radius 2 is 2.21 bits per heavy atom. The van der Waals surface area contributed by atoms with Gasteiger partial charge >= 0.3 is 0 Å². The number of anilines is 2. The fourth-order valence-electron chi connectivity index (χ4n) is 2.01. The van der Waals surface area contributed by atoms with E-state index >= 15 is 0 Å². The average molecular weight is 329 g/mol. The summed E-state index contributed by atoms with van der Waals surface area (Å²) in [5.41, 5.74) is 0.274. The van der Waals surface area contributed by atoms with Gasteiger partial charge in [0.2, 0.25) is 5.95 Å². The molecule has 1 saturated carbocycles. The van der Waals surface area contributed by atoms with E-state index in [-0.39, 0.29) is 12.0 Å². The maximum atomic E-state index is 9.06. The molecule has 0 aromatic carbocycles. The summed E-state index contributed by atoms with van der Waals surface area (Å²) >= 11 is 3.46. The molecule has 3 N–H and O–H groups in total. The Morgan fingerprint density at radius 1 is 1.42 bits per heavy atom. The smallest absolute Gasteiger partial charge is 0.224 e. The highest BCUT2D eigenvalue weighted by Crippen LogP contribution is 2.48. The van der Waals surface area contributed by atoms with Crippen molar-refractivity contribution in [1.29, 1.82) is 0 Å². The van der Waals surface area contributed by atoms with Crippen LogP contribution in [0.1, 0.15) is 32.6 Å². The second kappa shape index (κ2) is 6.52. The molecule has 5 nitrogen and oxygen atoms in total. The monoisotopic (exact) mass is 328 g/mol. The van der Waals surface area contributed by atoms with Crippen LogP contribution in [0.5, 0.6) is 0 Å². The Hall–Kier alpha value is -0.880. The summed E-state index contributed by atoms with van der Waals surface area (Å²) in [4.78, 5) is 8.68. The molecule has 1 aliphatic carbocycles. The van der Waals surface area contributed by atoms with Crippen LogP contribution in [-0.2, 0) is 0 Å². The molecule has 0 radical (unpaired) electrons. The maximum absolute atomic E-state index is 9.06. The summed E-state index contributed by atoms with van der Waals surface area (Å²) in [6, 6.07) is 0. The Labute approximate surface area is 122 Å². The van der Waals surface area contributed by atoms with Gasteiger partial charge in [0.1, 0.15) is 5.82 Å². The number of hydrogen-bond acceptors (Lipinski definition) is 5. The molecular weight excluding hydrogens is 308 g/mol. The second-order valence-corrected chi connectivity index (χ2v) is 6.00. The SMILES string of the molecule is CCCNc1ncc(Br)c(NCC2(CCO)CC2)n1. The number of halogens is 1. The van der Waals surface area contributed by atoms with E-state index in [4.69, 9.17) is 5.11 Å². The van der Waals surface area contributed by atoms with Crippen LogP contribution in [0.2, 0.25) is 0 Å². The number of hydrogen-bond donors (Lipinski definition) is 3. The summed E-state index contributed by atoms with van der Waals surface area (Å²) in [6.07, 6.45) is 6.04. The Bertz CT molecular complexity index is 423. The topological polar surface area (TPSA) is 70.1 Å². The lowest BCUT2D eigenvalue weighted by molar-refractivity contribution is 0.253. The third-order valence-corrected chi connectivity index (χ3v) is 4.09. The highest BCUT2D eigenvalue weighted by Gasteiger charge is 2.41. The Balaban J connectivity index is 1.95. The minimum atomic E-state index is 0.260. The molecule has 2 rings (SSSR count). The van der Waals surface area contributed by atoms with E-state index < -0.39 is 0 Å². The quantitative estimate of drug-likeness (QED) is 0.684. The first kappa shape index (κ1) is 14.5. The molecule has 1 aromatic rings. The number of rotatable bonds is 8. The van der Waals surface area contributed by atoms with Gasteiger partial charge in [-0.15, -0.1) is 0 Å². The molecule has 19 heavy (non-hydrogen) atoms. The summed E-state index contributed by atoms with van der Waals surface area (Å²) < 4.78 is 0.870. The molecule has 1 heterocycles. The zero-order chi connectivity index (χ0) is 13.7. The van der Waals surface area contributed by atoms with E-state index in [1.54, 1.807) is 6.20 Å². The number of aliphatic hydroxyl groups excluding tert-OH is 1. The number of aromatic nitrogens is 2. The zero-order valence-corrected chi connectivity index (χ0v) is 12.8. The molecule has 0 spiro atoms. The first-order valence-electron chi connectivity index (χ1n) is 6.80. The fraction of sp³-hybridized carbons (Fsp3) is 0.692. The van der Waals surface area contributed by atoms with Gasteiger partial charge in [0.05, 0.1) is 4.47 Å². The molecule has 0 atom stereocenters. The first-order chi connectivity index (χ1) is 9.19. The van der Waals surface area contributed by atoms with Gasteiger partial charge in [-0.2, -0.15) is 4.98 Å². The van der Waals surface area contributed by atoms with E-state index in [9.17, 15) is 0 Å². The van der Waals surface area contributed by atoms with Gasteiger partial charge in [0.15, 0.2) is 0 Å². The fourth-order valence-corrected chi connectivity index (χ4v) is 2.34. The van der Waals surface area contributed by atoms with E-state index in [0.29, 0.717) is 5.95 Å². The van der Waals surface area contributed by atoms with Crippen molar-refractivity contribution in [2.45, 2.75) is 32.6 Å². The minimum absolute atomic E-state index is 0.260. The summed E-state index contributed by atoms with van der Waals surface area (Å²) in [6.45, 7) is 4.10. The van der Waals surface area contributed by atoms with Gasteiger partial charge in [0, 0.05) is 25.9 Å². The summed E-state index contributed by atoms with van der Waals surface area (Å²) in [5, 5.41) is 15.6. The van der Waals surface area contributed by atoms with E-state index in [1.807, 2.05) is 0 Å². The second-order valence-electron chi connectivity index (χ2n) is 5.14. The number of nitrogens with zero attached hydrogens (tertiary/aromatic N) is 2. The standard InChI is InChI=1S/C13H21BrN4O/c1-2-6-15-12-16-8-10(14)11(18-12)17-9-13(3-4-13)5-7-19/h8,19H,2-7,9H2,1H3,(H2,15,16,17,18). The van der Waals surface area contributed by atoms with E-state index in [1.165, 1.54) is 12.8 Å². The van der Waals surface area contributed by atoms with Crippen molar-refractivity contribution in [2.24, 2.45) is 5.41 Å². The predicted octanol–water partition coefficient (Wildman–Crippen LogP) is 2.64. The molecule has 0 unspecified atom stereocenters. The van der Waals surface area contributed by atoms with Crippen molar-refractivity contribution >= 4 is 27.7 Å². The van der Waals surface area contributed by atoms with Gasteiger partial charge in [0.25, 0.3) is 0 Å². The zero-order valence-electron chi connectivity index (χ0n) is 11.2. The first-order valence-corrected chi connectivity index (χ1v) is 7.59. The van der Waals surface area contributed by atoms with Crippen LogP contribution < -0.4 is 10.6 Å². The lowest BCUT2D eigenvalue weighted by Gasteiger charge is -2.16. The molecule has 1 fully saturated rings. The molecule has 0 amide bonds. The summed E-state index contributed by atoms with van der Waals surface area (Å²) in [7, 11) is 0. The normalized spacial score (nSPS) is 16.2. The number of nitrogens with one attached hydrogen (secondary N) is 2. The molecule has 1 aromatic heterocycles. The van der Waals surface area contributed by atoms with Gasteiger partial charge in [-0.1, -0.05) is 6.92 Å². The minimum Gasteiger partial charge on any atom is -0.396 e. The van der Waals surface area contributed by atoms with Gasteiger partial charge in [-0.05, 0) is 47.0 Å². The van der Waals surface area contributed by atoms with Crippen LogP contribution in [0, 0.1) is 5.41 Å². The maximum Gasteiger partial charge on any atom is 0.224 e. The predicted molar refractivity (Wildman–Crippen MR) is 80.4 cm³/mol. The van der Waals surface area contributed by atoms with Crippen molar-refractivity contribution < 1.29 is 5.11 Å². The third kappa shape index (κ3) is 4.04. The van der Waals surface area contributed by atoms with Crippen molar-refractivity contribution in [3.8, 4) is 0 Å². The third-order valence-electron chi connectivity index (χ3n) is 3.51. The molecular formula is C13H21BrN4O. The summed E-state index contributed by atoms with van der Waals surface area (Å²) in [5.74, 6) is 1.47. The van der Waals surface area contributed by atoms with Gasteiger partial charge < -0.3 is 15.7 Å². The van der Waals surface area contributed by atoms with Crippen LogP contribution in [0.25, 0.3) is 0 Å².